The van der Waals surface area contributed by atoms with Crippen LogP contribution in [0.2, 0.25) is 0 Å². The molecule has 0 saturated carbocycles. The fraction of sp³-hybridized carbons (Fsp3) is 0.0294. The normalized spacial score (nSPS) is 12.3. The topological polar surface area (TPSA) is 28.5 Å². The molecule has 0 spiro atoms. The summed E-state index contributed by atoms with van der Waals surface area (Å²) in [5.41, 5.74) is 9.04. The number of fused-ring (bicyclic) bond motifs is 3. The van der Waals surface area contributed by atoms with Gasteiger partial charge < -0.3 is 14.4 Å². The lowest BCUT2D eigenvalue weighted by molar-refractivity contribution is 1.08. The highest BCUT2D eigenvalue weighted by molar-refractivity contribution is 6.02. The van der Waals surface area contributed by atoms with Gasteiger partial charge in [-0.25, -0.2) is 0 Å². The molecule has 0 atom stereocenters. The highest BCUT2D eigenvalue weighted by Gasteiger charge is 2.30. The Balaban J connectivity index is 1.47. The van der Waals surface area contributed by atoms with E-state index in [1.807, 2.05) is 43.5 Å². The van der Waals surface area contributed by atoms with Crippen LogP contribution < -0.4 is 15.2 Å². The Labute approximate surface area is 221 Å². The monoisotopic (exact) mass is 491 g/mol. The van der Waals surface area contributed by atoms with Gasteiger partial charge in [0.1, 0.15) is 0 Å². The van der Waals surface area contributed by atoms with Gasteiger partial charge in [-0.1, -0.05) is 60.7 Å². The molecule has 0 N–H and O–H groups in total. The molecule has 5 aromatic carbocycles. The third-order valence-corrected chi connectivity index (χ3v) is 7.20. The first-order valence-corrected chi connectivity index (χ1v) is 12.8. The molecule has 38 heavy (non-hydrogen) atoms. The van der Waals surface area contributed by atoms with Gasteiger partial charge in [0.05, 0.1) is 28.3 Å². The maximum Gasteiger partial charge on any atom is 0.192 e. The fourth-order valence-electron chi connectivity index (χ4n) is 5.47. The van der Waals surface area contributed by atoms with Gasteiger partial charge in [0.15, 0.2) is 5.43 Å². The highest BCUT2D eigenvalue weighted by atomic mass is 16.1. The number of hydrogen-bond donors (Lipinski definition) is 0. The number of benzene rings is 5. The second-order valence-electron chi connectivity index (χ2n) is 9.53. The van der Waals surface area contributed by atoms with Gasteiger partial charge in [0.2, 0.25) is 0 Å². The summed E-state index contributed by atoms with van der Waals surface area (Å²) >= 11 is 0. The predicted molar refractivity (Wildman–Crippen MR) is 157 cm³/mol. The van der Waals surface area contributed by atoms with E-state index in [0.29, 0.717) is 10.9 Å². The van der Waals surface area contributed by atoms with Crippen molar-refractivity contribution in [1.82, 2.24) is 4.57 Å². The number of aromatic nitrogens is 1. The minimum absolute atomic E-state index is 0.0542. The Bertz CT molecular complexity index is 1810. The van der Waals surface area contributed by atoms with Crippen LogP contribution in [-0.4, -0.2) is 4.57 Å². The summed E-state index contributed by atoms with van der Waals surface area (Å²) < 4.78 is 2.10. The van der Waals surface area contributed by atoms with E-state index in [2.05, 4.69) is 111 Å². The van der Waals surface area contributed by atoms with Crippen LogP contribution in [0, 0.1) is 6.92 Å². The second-order valence-corrected chi connectivity index (χ2v) is 9.53. The SMILES string of the molecule is Cc1cn(-c2ccccc2)c2ccc(N3c4ccccc4N(c4ccccc4)c4ccccc43)cc2c1=O. The van der Waals surface area contributed by atoms with Crippen molar-refractivity contribution in [3.63, 3.8) is 0 Å². The summed E-state index contributed by atoms with van der Waals surface area (Å²) in [6.45, 7) is 1.89. The van der Waals surface area contributed by atoms with Gasteiger partial charge in [-0.3, -0.25) is 4.79 Å². The van der Waals surface area contributed by atoms with Crippen molar-refractivity contribution in [1.29, 1.82) is 0 Å². The molecule has 0 aliphatic carbocycles. The number of pyridine rings is 1. The average molecular weight is 492 g/mol. The van der Waals surface area contributed by atoms with E-state index < -0.39 is 0 Å². The molecule has 1 aliphatic rings. The van der Waals surface area contributed by atoms with Crippen LogP contribution in [0.1, 0.15) is 5.56 Å². The molecule has 2 heterocycles. The van der Waals surface area contributed by atoms with Crippen molar-refractivity contribution < 1.29 is 0 Å². The number of hydrogen-bond acceptors (Lipinski definition) is 3. The van der Waals surface area contributed by atoms with Gasteiger partial charge >= 0.3 is 0 Å². The molecule has 0 fully saturated rings. The van der Waals surface area contributed by atoms with E-state index in [1.165, 1.54) is 0 Å². The maximum atomic E-state index is 13.4. The van der Waals surface area contributed by atoms with Crippen LogP contribution in [0.25, 0.3) is 16.6 Å². The van der Waals surface area contributed by atoms with Gasteiger partial charge in [-0.05, 0) is 73.7 Å². The lowest BCUT2D eigenvalue weighted by atomic mass is 10.0. The quantitative estimate of drug-likeness (QED) is 0.248. The summed E-state index contributed by atoms with van der Waals surface area (Å²) in [6, 6.07) is 43.7. The number of nitrogens with zero attached hydrogens (tertiary/aromatic N) is 3. The van der Waals surface area contributed by atoms with Crippen molar-refractivity contribution >= 4 is 45.0 Å². The molecule has 4 nitrogen and oxygen atoms in total. The molecule has 1 aliphatic heterocycles. The number of anilines is 6. The molecule has 6 aromatic rings. The number of para-hydroxylation sites is 6. The van der Waals surface area contributed by atoms with Gasteiger partial charge in [0.25, 0.3) is 0 Å². The summed E-state index contributed by atoms with van der Waals surface area (Å²) in [7, 11) is 0. The van der Waals surface area contributed by atoms with E-state index in [-0.39, 0.29) is 5.43 Å². The molecule has 0 bridgehead atoms. The Morgan fingerprint density at radius 3 is 1.53 bits per heavy atom. The van der Waals surface area contributed by atoms with E-state index in [1.54, 1.807) is 0 Å². The molecule has 0 saturated heterocycles. The number of aryl methyl sites for hydroxylation is 1. The zero-order chi connectivity index (χ0) is 25.6. The molecule has 4 heteroatoms. The average Bonchev–Trinajstić information content (AvgIpc) is 2.98. The van der Waals surface area contributed by atoms with Crippen LogP contribution in [0.3, 0.4) is 0 Å². The van der Waals surface area contributed by atoms with Crippen molar-refractivity contribution in [2.75, 3.05) is 9.80 Å². The molecular weight excluding hydrogens is 466 g/mol. The van der Waals surface area contributed by atoms with Crippen LogP contribution in [-0.2, 0) is 0 Å². The molecule has 182 valence electrons. The lowest BCUT2D eigenvalue weighted by Gasteiger charge is -2.40. The molecule has 1 aromatic heterocycles. The van der Waals surface area contributed by atoms with Gasteiger partial charge in [-0.2, -0.15) is 0 Å². The Morgan fingerprint density at radius 1 is 0.500 bits per heavy atom. The Kier molecular flexibility index (Phi) is 5.12. The van der Waals surface area contributed by atoms with Crippen LogP contribution in [0.5, 0.6) is 0 Å². The van der Waals surface area contributed by atoms with E-state index in [9.17, 15) is 4.79 Å². The summed E-state index contributed by atoms with van der Waals surface area (Å²) in [5, 5.41) is 0.701. The fourth-order valence-corrected chi connectivity index (χ4v) is 5.47. The van der Waals surface area contributed by atoms with Crippen LogP contribution >= 0.6 is 0 Å². The molecule has 0 unspecified atom stereocenters. The minimum Gasteiger partial charge on any atom is -0.316 e. The molecule has 7 rings (SSSR count). The highest BCUT2D eigenvalue weighted by Crippen LogP contribution is 2.53. The second kappa shape index (κ2) is 8.79. The Hall–Kier alpha value is -5.09. The molecule has 0 amide bonds. The maximum absolute atomic E-state index is 13.4. The van der Waals surface area contributed by atoms with E-state index >= 15 is 0 Å². The smallest absolute Gasteiger partial charge is 0.192 e. The minimum atomic E-state index is 0.0542. The predicted octanol–water partition coefficient (Wildman–Crippen LogP) is 8.55. The van der Waals surface area contributed by atoms with Crippen molar-refractivity contribution in [2.45, 2.75) is 6.92 Å². The first-order valence-electron chi connectivity index (χ1n) is 12.8. The molecular formula is C34H25N3O. The largest absolute Gasteiger partial charge is 0.316 e. The van der Waals surface area contributed by atoms with Crippen molar-refractivity contribution in [3.05, 3.63) is 149 Å². The van der Waals surface area contributed by atoms with Crippen LogP contribution in [0.15, 0.2) is 138 Å². The van der Waals surface area contributed by atoms with E-state index in [4.69, 9.17) is 0 Å². The summed E-state index contributed by atoms with van der Waals surface area (Å²) in [6.07, 6.45) is 1.93. The van der Waals surface area contributed by atoms with Crippen molar-refractivity contribution in [2.24, 2.45) is 0 Å². The van der Waals surface area contributed by atoms with E-state index in [0.717, 1.165) is 45.3 Å². The zero-order valence-corrected chi connectivity index (χ0v) is 21.0. The Morgan fingerprint density at radius 2 is 0.974 bits per heavy atom. The summed E-state index contributed by atoms with van der Waals surface area (Å²) in [4.78, 5) is 18.0. The standard InChI is InChI=1S/C34H25N3O/c1-24-23-35(25-12-4-2-5-13-25)29-21-20-27(22-28(29)34(24)38)37-32-18-10-8-16-30(32)36(26-14-6-3-7-15-26)31-17-9-11-19-33(31)37/h2-23H,1H3. The first kappa shape index (κ1) is 22.1. The zero-order valence-electron chi connectivity index (χ0n) is 21.0. The third kappa shape index (κ3) is 3.42. The van der Waals surface area contributed by atoms with Gasteiger partial charge in [-0.15, -0.1) is 0 Å². The van der Waals surface area contributed by atoms with Crippen molar-refractivity contribution in [3.8, 4) is 5.69 Å². The first-order chi connectivity index (χ1) is 18.7. The number of rotatable bonds is 3. The molecule has 0 radical (unpaired) electrons. The lowest BCUT2D eigenvalue weighted by Crippen LogP contribution is -2.24. The third-order valence-electron chi connectivity index (χ3n) is 7.20. The van der Waals surface area contributed by atoms with Crippen LogP contribution in [0.4, 0.5) is 34.1 Å². The van der Waals surface area contributed by atoms with Gasteiger partial charge in [0, 0.05) is 34.2 Å². The summed E-state index contributed by atoms with van der Waals surface area (Å²) in [5.74, 6) is 0.